The number of anilines is 1. The van der Waals surface area contributed by atoms with Gasteiger partial charge in [0, 0.05) is 35.8 Å². The van der Waals surface area contributed by atoms with Gasteiger partial charge in [-0.15, -0.1) is 0 Å². The summed E-state index contributed by atoms with van der Waals surface area (Å²) < 4.78 is 5.68. The van der Waals surface area contributed by atoms with Gasteiger partial charge < -0.3 is 15.4 Å². The molecule has 0 unspecified atom stereocenters. The van der Waals surface area contributed by atoms with Gasteiger partial charge in [-0.1, -0.05) is 23.7 Å². The second kappa shape index (κ2) is 8.56. The molecule has 2 N–H and O–H groups in total. The molecule has 0 saturated carbocycles. The van der Waals surface area contributed by atoms with Crippen molar-refractivity contribution in [1.82, 2.24) is 4.90 Å². The van der Waals surface area contributed by atoms with Crippen LogP contribution < -0.4 is 10.5 Å². The number of carbonyl (C=O) groups excluding carboxylic acids is 1. The highest BCUT2D eigenvalue weighted by atomic mass is 35.5. The van der Waals surface area contributed by atoms with Crippen LogP contribution in [0.4, 0.5) is 5.69 Å². The molecule has 0 fully saturated rings. The molecule has 0 amide bonds. The van der Waals surface area contributed by atoms with Crippen molar-refractivity contribution >= 4 is 23.3 Å². The van der Waals surface area contributed by atoms with Crippen LogP contribution in [0, 0.1) is 0 Å². The number of aryl methyl sites for hydroxylation is 1. The van der Waals surface area contributed by atoms with Gasteiger partial charge >= 0.3 is 5.97 Å². The number of nitrogens with zero attached hydrogens (tertiary/aromatic N) is 1. The van der Waals surface area contributed by atoms with Crippen molar-refractivity contribution in [1.29, 1.82) is 0 Å². The number of carbonyl (C=O) groups is 1. The Morgan fingerprint density at radius 2 is 1.81 bits per heavy atom. The molecule has 0 spiro atoms. The number of esters is 1. The lowest BCUT2D eigenvalue weighted by atomic mass is 10.0. The minimum atomic E-state index is -0.192. The second-order valence-electron chi connectivity index (χ2n) is 6.88. The van der Waals surface area contributed by atoms with Gasteiger partial charge in [0.1, 0.15) is 5.75 Å². The number of fused-ring (bicyclic) bond motifs is 1. The number of hydrogen-bond acceptors (Lipinski definition) is 4. The summed E-state index contributed by atoms with van der Waals surface area (Å²) in [5.74, 6) is 0.472. The maximum Gasteiger partial charge on any atom is 0.311 e. The van der Waals surface area contributed by atoms with Crippen molar-refractivity contribution in [2.75, 3.05) is 25.9 Å². The van der Waals surface area contributed by atoms with Gasteiger partial charge in [-0.25, -0.2) is 0 Å². The molecule has 2 aromatic rings. The van der Waals surface area contributed by atoms with Gasteiger partial charge in [0.25, 0.3) is 0 Å². The first kappa shape index (κ1) is 18.7. The SMILES string of the molecule is CN1CCc2c(Cl)ccc(OC(=O)CCCc3ccc(N)cc3)c2CC1. The van der Waals surface area contributed by atoms with Crippen LogP contribution in [0.2, 0.25) is 5.02 Å². The third-order valence-electron chi connectivity index (χ3n) is 4.87. The van der Waals surface area contributed by atoms with Gasteiger partial charge in [-0.2, -0.15) is 0 Å². The van der Waals surface area contributed by atoms with E-state index in [0.717, 1.165) is 60.6 Å². The molecule has 0 aromatic heterocycles. The van der Waals surface area contributed by atoms with Gasteiger partial charge in [0.15, 0.2) is 0 Å². The Labute approximate surface area is 159 Å². The first-order chi connectivity index (χ1) is 12.5. The summed E-state index contributed by atoms with van der Waals surface area (Å²) in [5.41, 5.74) is 9.81. The molecule has 3 rings (SSSR count). The fourth-order valence-electron chi connectivity index (χ4n) is 3.29. The largest absolute Gasteiger partial charge is 0.426 e. The quantitative estimate of drug-likeness (QED) is 0.491. The van der Waals surface area contributed by atoms with E-state index in [4.69, 9.17) is 22.1 Å². The summed E-state index contributed by atoms with van der Waals surface area (Å²) in [5, 5.41) is 0.762. The van der Waals surface area contributed by atoms with E-state index in [1.54, 1.807) is 0 Å². The molecule has 138 valence electrons. The van der Waals surface area contributed by atoms with E-state index in [-0.39, 0.29) is 5.97 Å². The highest BCUT2D eigenvalue weighted by Gasteiger charge is 2.19. The van der Waals surface area contributed by atoms with E-state index in [0.29, 0.717) is 12.2 Å². The first-order valence-corrected chi connectivity index (χ1v) is 9.44. The highest BCUT2D eigenvalue weighted by Crippen LogP contribution is 2.32. The van der Waals surface area contributed by atoms with E-state index in [2.05, 4.69) is 11.9 Å². The standard InChI is InChI=1S/C21H25ClN2O2/c1-24-13-11-17-18(12-14-24)20(10-9-19(17)22)26-21(25)4-2-3-15-5-7-16(23)8-6-15/h5-10H,2-4,11-14,23H2,1H3. The van der Waals surface area contributed by atoms with E-state index in [9.17, 15) is 4.79 Å². The Bertz CT molecular complexity index is 774. The average molecular weight is 373 g/mol. The molecule has 1 aliphatic rings. The van der Waals surface area contributed by atoms with Crippen molar-refractivity contribution in [3.05, 3.63) is 58.1 Å². The molecule has 4 nitrogen and oxygen atoms in total. The molecule has 0 aliphatic carbocycles. The molecule has 1 aliphatic heterocycles. The molecular formula is C21H25ClN2O2. The number of rotatable bonds is 5. The number of nitrogen functional groups attached to an aromatic ring is 1. The summed E-state index contributed by atoms with van der Waals surface area (Å²) in [6, 6.07) is 11.4. The van der Waals surface area contributed by atoms with Gasteiger partial charge in [-0.3, -0.25) is 4.79 Å². The Kier molecular flexibility index (Phi) is 6.17. The van der Waals surface area contributed by atoms with Gasteiger partial charge in [-0.05, 0) is 68.1 Å². The van der Waals surface area contributed by atoms with Crippen LogP contribution in [-0.4, -0.2) is 31.0 Å². The fraction of sp³-hybridized carbons (Fsp3) is 0.381. The Hall–Kier alpha value is -2.04. The number of benzene rings is 2. The molecule has 1 heterocycles. The van der Waals surface area contributed by atoms with E-state index in [1.165, 1.54) is 5.56 Å². The zero-order valence-corrected chi connectivity index (χ0v) is 15.9. The third kappa shape index (κ3) is 4.77. The van der Waals surface area contributed by atoms with Crippen LogP contribution in [0.5, 0.6) is 5.75 Å². The normalized spacial score (nSPS) is 14.5. The first-order valence-electron chi connectivity index (χ1n) is 9.07. The van der Waals surface area contributed by atoms with Crippen LogP contribution >= 0.6 is 11.6 Å². The molecular weight excluding hydrogens is 348 g/mol. The summed E-state index contributed by atoms with van der Waals surface area (Å²) >= 11 is 6.37. The van der Waals surface area contributed by atoms with Crippen LogP contribution in [0.3, 0.4) is 0 Å². The van der Waals surface area contributed by atoms with Crippen LogP contribution in [0.25, 0.3) is 0 Å². The lowest BCUT2D eigenvalue weighted by molar-refractivity contribution is -0.134. The van der Waals surface area contributed by atoms with Gasteiger partial charge in [0.05, 0.1) is 0 Å². The monoisotopic (exact) mass is 372 g/mol. The maximum absolute atomic E-state index is 12.3. The maximum atomic E-state index is 12.3. The highest BCUT2D eigenvalue weighted by molar-refractivity contribution is 6.31. The lowest BCUT2D eigenvalue weighted by Gasteiger charge is -2.14. The van der Waals surface area contributed by atoms with Crippen molar-refractivity contribution in [3.63, 3.8) is 0 Å². The van der Waals surface area contributed by atoms with Crippen LogP contribution in [-0.2, 0) is 24.1 Å². The fourth-order valence-corrected chi connectivity index (χ4v) is 3.57. The summed E-state index contributed by atoms with van der Waals surface area (Å²) in [6.07, 6.45) is 3.70. The van der Waals surface area contributed by atoms with E-state index in [1.807, 2.05) is 36.4 Å². The lowest BCUT2D eigenvalue weighted by Crippen LogP contribution is -2.20. The third-order valence-corrected chi connectivity index (χ3v) is 5.22. The number of hydrogen-bond donors (Lipinski definition) is 1. The minimum Gasteiger partial charge on any atom is -0.426 e. The van der Waals surface area contributed by atoms with Crippen LogP contribution in [0.1, 0.15) is 29.5 Å². The topological polar surface area (TPSA) is 55.6 Å². The molecule has 0 atom stereocenters. The van der Waals surface area contributed by atoms with Crippen molar-refractivity contribution in [2.45, 2.75) is 32.1 Å². The van der Waals surface area contributed by atoms with E-state index < -0.39 is 0 Å². The number of halogens is 1. The Balaban J connectivity index is 1.60. The summed E-state index contributed by atoms with van der Waals surface area (Å²) in [7, 11) is 2.10. The zero-order valence-electron chi connectivity index (χ0n) is 15.1. The Morgan fingerprint density at radius 3 is 2.54 bits per heavy atom. The van der Waals surface area contributed by atoms with Crippen molar-refractivity contribution in [2.24, 2.45) is 0 Å². The molecule has 26 heavy (non-hydrogen) atoms. The molecule has 5 heteroatoms. The van der Waals surface area contributed by atoms with Crippen molar-refractivity contribution in [3.8, 4) is 5.75 Å². The average Bonchev–Trinajstić information content (AvgIpc) is 2.82. The van der Waals surface area contributed by atoms with Crippen LogP contribution in [0.15, 0.2) is 36.4 Å². The number of nitrogens with two attached hydrogens (primary N) is 1. The zero-order chi connectivity index (χ0) is 18.5. The molecule has 2 aromatic carbocycles. The summed E-state index contributed by atoms with van der Waals surface area (Å²) in [4.78, 5) is 14.6. The van der Waals surface area contributed by atoms with Gasteiger partial charge in [0.2, 0.25) is 0 Å². The molecule has 0 radical (unpaired) electrons. The summed E-state index contributed by atoms with van der Waals surface area (Å²) in [6.45, 7) is 1.90. The van der Waals surface area contributed by atoms with Crippen molar-refractivity contribution < 1.29 is 9.53 Å². The predicted octanol–water partition coefficient (Wildman–Crippen LogP) is 3.88. The Morgan fingerprint density at radius 1 is 1.12 bits per heavy atom. The van der Waals surface area contributed by atoms with E-state index >= 15 is 0 Å². The minimum absolute atomic E-state index is 0.192. The number of ether oxygens (including phenoxy) is 1. The molecule has 0 saturated heterocycles. The molecule has 0 bridgehead atoms. The number of likely N-dealkylation sites (N-methyl/N-ethyl adjacent to an activating group) is 1. The predicted molar refractivity (Wildman–Crippen MR) is 106 cm³/mol. The smallest absolute Gasteiger partial charge is 0.311 e. The second-order valence-corrected chi connectivity index (χ2v) is 7.28.